The molecule has 0 bridgehead atoms. The number of rotatable bonds is 3. The second-order valence-electron chi connectivity index (χ2n) is 6.43. The largest absolute Gasteiger partial charge is 0.437 e. The first kappa shape index (κ1) is 15.6. The fraction of sp³-hybridized carbons (Fsp3) is 0.444. The topological polar surface area (TPSA) is 64.3 Å². The average Bonchev–Trinajstić information content (AvgIpc) is 2.50. The number of benzene rings is 1. The van der Waals surface area contributed by atoms with E-state index in [1.165, 1.54) is 6.42 Å². The van der Waals surface area contributed by atoms with Gasteiger partial charge in [0.05, 0.1) is 0 Å². The highest BCUT2D eigenvalue weighted by Gasteiger charge is 2.22. The van der Waals surface area contributed by atoms with Gasteiger partial charge in [0.2, 0.25) is 5.88 Å². The zero-order valence-corrected chi connectivity index (χ0v) is 14.0. The minimum absolute atomic E-state index is 0.441. The SMILES string of the molecule is Cc1cccc(Oc2nc(C)nc(N3CCC[C@H](C)C3)c2N)c1. The minimum Gasteiger partial charge on any atom is -0.437 e. The Morgan fingerprint density at radius 2 is 2.09 bits per heavy atom. The van der Waals surface area contributed by atoms with Crippen molar-refractivity contribution in [3.8, 4) is 11.6 Å². The number of ether oxygens (including phenoxy) is 1. The Balaban J connectivity index is 1.92. The quantitative estimate of drug-likeness (QED) is 0.936. The van der Waals surface area contributed by atoms with Gasteiger partial charge in [0.25, 0.3) is 0 Å². The maximum Gasteiger partial charge on any atom is 0.248 e. The molecule has 122 valence electrons. The summed E-state index contributed by atoms with van der Waals surface area (Å²) >= 11 is 0. The van der Waals surface area contributed by atoms with E-state index in [0.717, 1.165) is 36.6 Å². The lowest BCUT2D eigenvalue weighted by Crippen LogP contribution is -2.35. The zero-order valence-electron chi connectivity index (χ0n) is 14.0. The van der Waals surface area contributed by atoms with E-state index in [2.05, 4.69) is 21.8 Å². The summed E-state index contributed by atoms with van der Waals surface area (Å²) in [5, 5.41) is 0. The standard InChI is InChI=1S/C18H24N4O/c1-12-6-4-8-15(10-12)23-18-16(19)17(20-14(3)21-18)22-9-5-7-13(2)11-22/h4,6,8,10,13H,5,7,9,11,19H2,1-3H3/t13-/m0/s1. The highest BCUT2D eigenvalue weighted by Crippen LogP contribution is 2.34. The molecule has 0 spiro atoms. The maximum atomic E-state index is 6.32. The Hall–Kier alpha value is -2.30. The van der Waals surface area contributed by atoms with Crippen molar-refractivity contribution >= 4 is 11.5 Å². The van der Waals surface area contributed by atoms with Crippen LogP contribution < -0.4 is 15.4 Å². The lowest BCUT2D eigenvalue weighted by Gasteiger charge is -2.32. The predicted octanol–water partition coefficient (Wildman–Crippen LogP) is 3.70. The van der Waals surface area contributed by atoms with E-state index in [1.807, 2.05) is 38.1 Å². The first-order valence-corrected chi connectivity index (χ1v) is 8.16. The molecule has 0 saturated carbocycles. The number of aryl methyl sites for hydroxylation is 2. The number of hydrogen-bond acceptors (Lipinski definition) is 5. The van der Waals surface area contributed by atoms with E-state index in [4.69, 9.17) is 10.5 Å². The molecule has 2 N–H and O–H groups in total. The van der Waals surface area contributed by atoms with Crippen molar-refractivity contribution in [1.29, 1.82) is 0 Å². The molecule has 3 rings (SSSR count). The van der Waals surface area contributed by atoms with Gasteiger partial charge in [-0.25, -0.2) is 4.98 Å². The van der Waals surface area contributed by atoms with Crippen LogP contribution in [0.15, 0.2) is 24.3 Å². The van der Waals surface area contributed by atoms with E-state index in [-0.39, 0.29) is 0 Å². The molecule has 5 heteroatoms. The number of aromatic nitrogens is 2. The van der Waals surface area contributed by atoms with Crippen LogP contribution in [0.4, 0.5) is 11.5 Å². The lowest BCUT2D eigenvalue weighted by atomic mass is 10.0. The highest BCUT2D eigenvalue weighted by molar-refractivity contribution is 5.69. The average molecular weight is 312 g/mol. The van der Waals surface area contributed by atoms with Crippen LogP contribution in [0.3, 0.4) is 0 Å². The molecule has 1 aliphatic heterocycles. The third kappa shape index (κ3) is 3.55. The van der Waals surface area contributed by atoms with Crippen molar-refractivity contribution in [3.63, 3.8) is 0 Å². The van der Waals surface area contributed by atoms with Crippen molar-refractivity contribution in [1.82, 2.24) is 9.97 Å². The van der Waals surface area contributed by atoms with Crippen molar-refractivity contribution in [3.05, 3.63) is 35.7 Å². The molecular weight excluding hydrogens is 288 g/mol. The van der Waals surface area contributed by atoms with Crippen molar-refractivity contribution in [2.75, 3.05) is 23.7 Å². The maximum absolute atomic E-state index is 6.32. The van der Waals surface area contributed by atoms with Gasteiger partial charge >= 0.3 is 0 Å². The summed E-state index contributed by atoms with van der Waals surface area (Å²) in [6.07, 6.45) is 2.42. The molecule has 0 amide bonds. The molecule has 1 aliphatic rings. The Morgan fingerprint density at radius 1 is 1.26 bits per heavy atom. The van der Waals surface area contributed by atoms with Crippen LogP contribution >= 0.6 is 0 Å². The fourth-order valence-electron chi connectivity index (χ4n) is 3.03. The van der Waals surface area contributed by atoms with Crippen LogP contribution in [0.1, 0.15) is 31.2 Å². The summed E-state index contributed by atoms with van der Waals surface area (Å²) in [5.41, 5.74) is 7.98. The summed E-state index contributed by atoms with van der Waals surface area (Å²) in [6.45, 7) is 8.13. The second-order valence-corrected chi connectivity index (χ2v) is 6.43. The van der Waals surface area contributed by atoms with Crippen molar-refractivity contribution in [2.24, 2.45) is 5.92 Å². The summed E-state index contributed by atoms with van der Waals surface area (Å²) in [5.74, 6) is 3.31. The molecule has 1 atom stereocenters. The summed E-state index contributed by atoms with van der Waals surface area (Å²) in [7, 11) is 0. The number of anilines is 2. The van der Waals surface area contributed by atoms with E-state index in [9.17, 15) is 0 Å². The first-order chi connectivity index (χ1) is 11.0. The van der Waals surface area contributed by atoms with E-state index < -0.39 is 0 Å². The number of nitrogens with zero attached hydrogens (tertiary/aromatic N) is 3. The van der Waals surface area contributed by atoms with Crippen LogP contribution in [-0.2, 0) is 0 Å². The second kappa shape index (κ2) is 6.44. The summed E-state index contributed by atoms with van der Waals surface area (Å²) in [6, 6.07) is 7.87. The molecule has 1 fully saturated rings. The molecule has 5 nitrogen and oxygen atoms in total. The highest BCUT2D eigenvalue weighted by atomic mass is 16.5. The summed E-state index contributed by atoms with van der Waals surface area (Å²) in [4.78, 5) is 11.2. The van der Waals surface area contributed by atoms with Crippen LogP contribution in [0, 0.1) is 19.8 Å². The monoisotopic (exact) mass is 312 g/mol. The third-order valence-corrected chi connectivity index (χ3v) is 4.16. The molecule has 2 heterocycles. The normalized spacial score (nSPS) is 18.0. The van der Waals surface area contributed by atoms with Gasteiger partial charge in [0, 0.05) is 13.1 Å². The van der Waals surface area contributed by atoms with Gasteiger partial charge in [-0.05, 0) is 50.3 Å². The molecular formula is C18H24N4O. The van der Waals surface area contributed by atoms with Crippen LogP contribution in [0.2, 0.25) is 0 Å². The predicted molar refractivity (Wildman–Crippen MR) is 93.0 cm³/mol. The van der Waals surface area contributed by atoms with E-state index >= 15 is 0 Å². The minimum atomic E-state index is 0.441. The van der Waals surface area contributed by atoms with E-state index in [0.29, 0.717) is 23.3 Å². The van der Waals surface area contributed by atoms with Gasteiger partial charge in [-0.2, -0.15) is 4.98 Å². The Kier molecular flexibility index (Phi) is 4.37. The number of nitrogens with two attached hydrogens (primary N) is 1. The van der Waals surface area contributed by atoms with Crippen molar-refractivity contribution < 1.29 is 4.74 Å². The third-order valence-electron chi connectivity index (χ3n) is 4.16. The molecule has 0 aliphatic carbocycles. The smallest absolute Gasteiger partial charge is 0.248 e. The van der Waals surface area contributed by atoms with Crippen molar-refractivity contribution in [2.45, 2.75) is 33.6 Å². The number of nitrogen functional groups attached to an aromatic ring is 1. The van der Waals surface area contributed by atoms with E-state index in [1.54, 1.807) is 0 Å². The van der Waals surface area contributed by atoms with Gasteiger partial charge in [-0.3, -0.25) is 0 Å². The lowest BCUT2D eigenvalue weighted by molar-refractivity contribution is 0.440. The van der Waals surface area contributed by atoms with Crippen LogP contribution in [-0.4, -0.2) is 23.1 Å². The molecule has 23 heavy (non-hydrogen) atoms. The van der Waals surface area contributed by atoms with Crippen LogP contribution in [0.25, 0.3) is 0 Å². The number of piperidine rings is 1. The molecule has 0 radical (unpaired) electrons. The van der Waals surface area contributed by atoms with Gasteiger partial charge in [0.1, 0.15) is 17.3 Å². The molecule has 1 aromatic carbocycles. The Labute approximate surface area is 137 Å². The molecule has 1 aromatic heterocycles. The van der Waals surface area contributed by atoms with Gasteiger partial charge < -0.3 is 15.4 Å². The van der Waals surface area contributed by atoms with Crippen LogP contribution in [0.5, 0.6) is 11.6 Å². The Bertz CT molecular complexity index is 701. The van der Waals surface area contributed by atoms with Gasteiger partial charge in [0.15, 0.2) is 5.82 Å². The summed E-state index contributed by atoms with van der Waals surface area (Å²) < 4.78 is 5.93. The zero-order chi connectivity index (χ0) is 16.4. The molecule has 1 saturated heterocycles. The molecule has 0 unspecified atom stereocenters. The fourth-order valence-corrected chi connectivity index (χ4v) is 3.03. The van der Waals surface area contributed by atoms with Gasteiger partial charge in [-0.15, -0.1) is 0 Å². The number of hydrogen-bond donors (Lipinski definition) is 1. The first-order valence-electron chi connectivity index (χ1n) is 8.16. The molecule has 2 aromatic rings. The van der Waals surface area contributed by atoms with Gasteiger partial charge in [-0.1, -0.05) is 19.1 Å². The Morgan fingerprint density at radius 3 is 2.83 bits per heavy atom.